The lowest BCUT2D eigenvalue weighted by molar-refractivity contribution is -0.138. The first kappa shape index (κ1) is 15.5. The number of carbonyl (C=O) groups is 2. The van der Waals surface area contributed by atoms with Crippen molar-refractivity contribution in [3.8, 4) is 0 Å². The highest BCUT2D eigenvalue weighted by atomic mass is 16.2. The fraction of sp³-hybridized carbons (Fsp3) is 0.562. The molecule has 2 atom stereocenters. The van der Waals surface area contributed by atoms with Crippen LogP contribution in [0.15, 0.2) is 24.4 Å². The molecule has 0 aliphatic carbocycles. The second kappa shape index (κ2) is 5.84. The average molecular weight is 289 g/mol. The summed E-state index contributed by atoms with van der Waals surface area (Å²) in [6, 6.07) is 5.01. The molecule has 2 heterocycles. The van der Waals surface area contributed by atoms with Gasteiger partial charge in [0.15, 0.2) is 0 Å². The second-order valence-electron chi connectivity index (χ2n) is 6.71. The Bertz CT molecular complexity index is 522. The largest absolute Gasteiger partial charge is 0.344 e. The smallest absolute Gasteiger partial charge is 0.246 e. The van der Waals surface area contributed by atoms with E-state index in [0.29, 0.717) is 13.0 Å². The van der Waals surface area contributed by atoms with Crippen LogP contribution in [0.1, 0.15) is 39.8 Å². The Labute approximate surface area is 125 Å². The maximum absolute atomic E-state index is 12.8. The second-order valence-corrected chi connectivity index (χ2v) is 6.71. The van der Waals surface area contributed by atoms with Gasteiger partial charge in [-0.05, 0) is 24.5 Å². The van der Waals surface area contributed by atoms with Gasteiger partial charge in [-0.15, -0.1) is 0 Å². The fourth-order valence-electron chi connectivity index (χ4n) is 2.53. The maximum Gasteiger partial charge on any atom is 0.246 e. The normalized spacial score (nSPS) is 23.7. The number of amides is 2. The van der Waals surface area contributed by atoms with Crippen molar-refractivity contribution in [3.63, 3.8) is 0 Å². The Balaban J connectivity index is 2.28. The highest BCUT2D eigenvalue weighted by Crippen LogP contribution is 2.25. The van der Waals surface area contributed by atoms with Gasteiger partial charge in [0.2, 0.25) is 11.8 Å². The summed E-state index contributed by atoms with van der Waals surface area (Å²) in [5.41, 5.74) is 0.513. The molecular formula is C16H23N3O2. The predicted octanol–water partition coefficient (Wildman–Crippen LogP) is 1.73. The molecular weight excluding hydrogens is 266 g/mol. The van der Waals surface area contributed by atoms with E-state index in [0.717, 1.165) is 5.69 Å². The van der Waals surface area contributed by atoms with Crippen molar-refractivity contribution in [1.82, 2.24) is 15.2 Å². The molecule has 5 nitrogen and oxygen atoms in total. The van der Waals surface area contributed by atoms with E-state index in [9.17, 15) is 9.59 Å². The molecule has 1 fully saturated rings. The lowest BCUT2D eigenvalue weighted by Gasteiger charge is -2.34. The number of nitrogens with one attached hydrogen (secondary N) is 1. The maximum atomic E-state index is 12.8. The molecule has 0 radical (unpaired) electrons. The summed E-state index contributed by atoms with van der Waals surface area (Å²) in [5.74, 6) is -0.106. The van der Waals surface area contributed by atoms with E-state index in [2.05, 4.69) is 10.3 Å². The molecule has 1 saturated heterocycles. The van der Waals surface area contributed by atoms with E-state index in [1.165, 1.54) is 0 Å². The van der Waals surface area contributed by atoms with Crippen LogP contribution in [0.3, 0.4) is 0 Å². The van der Waals surface area contributed by atoms with Crippen LogP contribution in [-0.4, -0.2) is 33.8 Å². The van der Waals surface area contributed by atoms with Crippen molar-refractivity contribution in [1.29, 1.82) is 0 Å². The molecule has 21 heavy (non-hydrogen) atoms. The Morgan fingerprint density at radius 3 is 2.62 bits per heavy atom. The minimum absolute atomic E-state index is 0.0356. The standard InChI is InChI=1S/C16H23N3O2/c1-11-9-13(20)18-14(16(2,3)4)15(21)19(11)10-12-7-5-6-8-17-12/h5-8,11,14H,9-10H2,1-4H3,(H,18,20). The van der Waals surface area contributed by atoms with Crippen LogP contribution in [0.25, 0.3) is 0 Å². The number of carbonyl (C=O) groups excluding carboxylic acids is 2. The molecule has 114 valence electrons. The SMILES string of the molecule is CC1CC(=O)NC(C(C)(C)C)C(=O)N1Cc1ccccn1. The van der Waals surface area contributed by atoms with Crippen molar-refractivity contribution in [3.05, 3.63) is 30.1 Å². The Hall–Kier alpha value is -1.91. The van der Waals surface area contributed by atoms with E-state index >= 15 is 0 Å². The Morgan fingerprint density at radius 1 is 1.33 bits per heavy atom. The number of hydrogen-bond donors (Lipinski definition) is 1. The molecule has 1 aliphatic rings. The summed E-state index contributed by atoms with van der Waals surface area (Å²) in [6.45, 7) is 8.23. The number of aromatic nitrogens is 1. The van der Waals surface area contributed by atoms with Gasteiger partial charge < -0.3 is 10.2 Å². The topological polar surface area (TPSA) is 62.3 Å². The molecule has 1 aromatic rings. The summed E-state index contributed by atoms with van der Waals surface area (Å²) in [4.78, 5) is 30.9. The summed E-state index contributed by atoms with van der Waals surface area (Å²) in [7, 11) is 0. The van der Waals surface area contributed by atoms with E-state index in [1.807, 2.05) is 45.9 Å². The zero-order valence-electron chi connectivity index (χ0n) is 13.1. The Kier molecular flexibility index (Phi) is 4.30. The summed E-state index contributed by atoms with van der Waals surface area (Å²) < 4.78 is 0. The van der Waals surface area contributed by atoms with Crippen molar-refractivity contribution in [2.24, 2.45) is 5.41 Å². The van der Waals surface area contributed by atoms with Gasteiger partial charge in [-0.1, -0.05) is 26.8 Å². The van der Waals surface area contributed by atoms with Crippen molar-refractivity contribution < 1.29 is 9.59 Å². The third-order valence-electron chi connectivity index (χ3n) is 3.77. The van der Waals surface area contributed by atoms with Gasteiger partial charge in [-0.2, -0.15) is 0 Å². The Morgan fingerprint density at radius 2 is 2.05 bits per heavy atom. The molecule has 0 saturated carbocycles. The van der Waals surface area contributed by atoms with E-state index in [-0.39, 0.29) is 23.3 Å². The number of hydrogen-bond acceptors (Lipinski definition) is 3. The van der Waals surface area contributed by atoms with E-state index in [1.54, 1.807) is 11.1 Å². The highest BCUT2D eigenvalue weighted by molar-refractivity contribution is 5.91. The fourth-order valence-corrected chi connectivity index (χ4v) is 2.53. The van der Waals surface area contributed by atoms with Crippen LogP contribution in [0.4, 0.5) is 0 Å². The van der Waals surface area contributed by atoms with Gasteiger partial charge in [0.1, 0.15) is 6.04 Å². The first-order chi connectivity index (χ1) is 9.79. The molecule has 2 amide bonds. The monoisotopic (exact) mass is 289 g/mol. The third kappa shape index (κ3) is 3.60. The van der Waals surface area contributed by atoms with Crippen LogP contribution < -0.4 is 5.32 Å². The van der Waals surface area contributed by atoms with Crippen LogP contribution in [0, 0.1) is 5.41 Å². The molecule has 0 aromatic carbocycles. The highest BCUT2D eigenvalue weighted by Gasteiger charge is 2.40. The van der Waals surface area contributed by atoms with Crippen LogP contribution in [-0.2, 0) is 16.1 Å². The van der Waals surface area contributed by atoms with Crippen molar-refractivity contribution in [2.75, 3.05) is 0 Å². The summed E-state index contributed by atoms with van der Waals surface area (Å²) >= 11 is 0. The molecule has 1 aliphatic heterocycles. The summed E-state index contributed by atoms with van der Waals surface area (Å²) in [6.07, 6.45) is 2.04. The molecule has 0 spiro atoms. The van der Waals surface area contributed by atoms with Crippen LogP contribution >= 0.6 is 0 Å². The van der Waals surface area contributed by atoms with E-state index in [4.69, 9.17) is 0 Å². The van der Waals surface area contributed by atoms with Gasteiger partial charge in [-0.3, -0.25) is 14.6 Å². The molecule has 2 unspecified atom stereocenters. The zero-order valence-corrected chi connectivity index (χ0v) is 13.1. The van der Waals surface area contributed by atoms with Gasteiger partial charge in [0, 0.05) is 18.7 Å². The average Bonchev–Trinajstić information content (AvgIpc) is 2.50. The molecule has 1 aromatic heterocycles. The van der Waals surface area contributed by atoms with Gasteiger partial charge in [0.05, 0.1) is 12.2 Å². The van der Waals surface area contributed by atoms with E-state index < -0.39 is 6.04 Å². The van der Waals surface area contributed by atoms with Crippen LogP contribution in [0.2, 0.25) is 0 Å². The summed E-state index contributed by atoms with van der Waals surface area (Å²) in [5, 5.41) is 2.86. The lowest BCUT2D eigenvalue weighted by atomic mass is 9.86. The molecule has 5 heteroatoms. The van der Waals surface area contributed by atoms with Crippen molar-refractivity contribution >= 4 is 11.8 Å². The first-order valence-electron chi connectivity index (χ1n) is 7.29. The molecule has 0 bridgehead atoms. The number of pyridine rings is 1. The molecule has 1 N–H and O–H groups in total. The van der Waals surface area contributed by atoms with Crippen LogP contribution in [0.5, 0.6) is 0 Å². The zero-order chi connectivity index (χ0) is 15.6. The quantitative estimate of drug-likeness (QED) is 0.902. The van der Waals surface area contributed by atoms with Gasteiger partial charge in [0.25, 0.3) is 0 Å². The minimum atomic E-state index is -0.501. The first-order valence-corrected chi connectivity index (χ1v) is 7.29. The lowest BCUT2D eigenvalue weighted by Crippen LogP contribution is -2.52. The minimum Gasteiger partial charge on any atom is -0.344 e. The molecule has 2 rings (SSSR count). The van der Waals surface area contributed by atoms with Gasteiger partial charge in [-0.25, -0.2) is 0 Å². The van der Waals surface area contributed by atoms with Gasteiger partial charge >= 0.3 is 0 Å². The predicted molar refractivity (Wildman–Crippen MR) is 80.3 cm³/mol. The number of rotatable bonds is 2. The third-order valence-corrected chi connectivity index (χ3v) is 3.77. The number of nitrogens with zero attached hydrogens (tertiary/aromatic N) is 2. The van der Waals surface area contributed by atoms with Crippen molar-refractivity contribution in [2.45, 2.75) is 52.7 Å².